The van der Waals surface area contributed by atoms with Crippen LogP contribution in [0.4, 0.5) is 0 Å². The Balaban J connectivity index is 3.22. The molecule has 0 aromatic carbocycles. The van der Waals surface area contributed by atoms with Gasteiger partial charge in [-0.2, -0.15) is 5.10 Å². The molecule has 13 heavy (non-hydrogen) atoms. The highest BCUT2D eigenvalue weighted by Gasteiger charge is 2.04. The Labute approximate surface area is 79.6 Å². The second-order valence-electron chi connectivity index (χ2n) is 3.31. The predicted molar refractivity (Wildman–Crippen MR) is 56.4 cm³/mol. The zero-order valence-electron chi connectivity index (χ0n) is 8.76. The fraction of sp³-hybridized carbons (Fsp3) is 0.364. The van der Waals surface area contributed by atoms with Crippen molar-refractivity contribution in [3.8, 4) is 0 Å². The number of allylic oxidation sites excluding steroid dienone is 3. The third kappa shape index (κ3) is 1.89. The molecule has 0 radical (unpaired) electrons. The van der Waals surface area contributed by atoms with Crippen LogP contribution in [0.25, 0.3) is 5.57 Å². The lowest BCUT2D eigenvalue weighted by molar-refractivity contribution is 0.745. The van der Waals surface area contributed by atoms with E-state index in [1.807, 2.05) is 24.7 Å². The molecule has 0 amide bonds. The van der Waals surface area contributed by atoms with Crippen LogP contribution in [0.3, 0.4) is 0 Å². The molecule has 1 heterocycles. The van der Waals surface area contributed by atoms with Crippen LogP contribution in [0, 0.1) is 6.92 Å². The summed E-state index contributed by atoms with van der Waals surface area (Å²) in [6, 6.07) is 2.09. The van der Waals surface area contributed by atoms with Crippen molar-refractivity contribution < 1.29 is 0 Å². The van der Waals surface area contributed by atoms with Crippen molar-refractivity contribution >= 4 is 5.57 Å². The predicted octanol–water partition coefficient (Wildman–Crippen LogP) is 2.71. The molecule has 0 aliphatic carbocycles. The van der Waals surface area contributed by atoms with Gasteiger partial charge in [0.15, 0.2) is 0 Å². The molecule has 0 saturated carbocycles. The van der Waals surface area contributed by atoms with Crippen LogP contribution in [0.2, 0.25) is 0 Å². The molecule has 0 spiro atoms. The second kappa shape index (κ2) is 3.60. The first-order chi connectivity index (χ1) is 6.06. The highest BCUT2D eigenvalue weighted by atomic mass is 15.3. The maximum atomic E-state index is 4.30. The molecule has 0 aliphatic rings. The molecule has 0 saturated heterocycles. The lowest BCUT2D eigenvalue weighted by Gasteiger charge is -2.03. The van der Waals surface area contributed by atoms with Crippen molar-refractivity contribution in [2.24, 2.45) is 7.05 Å². The Bertz CT molecular complexity index is 356. The van der Waals surface area contributed by atoms with Gasteiger partial charge in [0.05, 0.1) is 11.4 Å². The van der Waals surface area contributed by atoms with E-state index in [9.17, 15) is 0 Å². The van der Waals surface area contributed by atoms with Crippen molar-refractivity contribution in [1.29, 1.82) is 0 Å². The number of nitrogens with zero attached hydrogens (tertiary/aromatic N) is 2. The summed E-state index contributed by atoms with van der Waals surface area (Å²) in [5.74, 6) is 0. The standard InChI is InChI=1S/C11H16N2/c1-6-8(2)10(4)11-7-9(3)12-13(11)5/h6-7H,1H2,2-5H3/b10-8+. The first kappa shape index (κ1) is 9.78. The van der Waals surface area contributed by atoms with E-state index in [2.05, 4.69) is 31.6 Å². The zero-order chi connectivity index (χ0) is 10.0. The van der Waals surface area contributed by atoms with Gasteiger partial charge in [0.25, 0.3) is 0 Å². The van der Waals surface area contributed by atoms with Gasteiger partial charge in [-0.25, -0.2) is 0 Å². The molecule has 0 unspecified atom stereocenters. The third-order valence-corrected chi connectivity index (χ3v) is 2.28. The van der Waals surface area contributed by atoms with Crippen LogP contribution in [0.1, 0.15) is 25.2 Å². The van der Waals surface area contributed by atoms with Crippen LogP contribution >= 0.6 is 0 Å². The van der Waals surface area contributed by atoms with Crippen LogP contribution in [-0.2, 0) is 7.05 Å². The molecule has 70 valence electrons. The fourth-order valence-corrected chi connectivity index (χ4v) is 1.32. The molecule has 2 heteroatoms. The van der Waals surface area contributed by atoms with E-state index >= 15 is 0 Å². The molecule has 0 aliphatic heterocycles. The highest BCUT2D eigenvalue weighted by Crippen LogP contribution is 2.18. The molecule has 0 bridgehead atoms. The topological polar surface area (TPSA) is 17.8 Å². The first-order valence-electron chi connectivity index (χ1n) is 4.37. The molecule has 0 atom stereocenters. The molecule has 0 N–H and O–H groups in total. The van der Waals surface area contributed by atoms with Crippen molar-refractivity contribution in [2.45, 2.75) is 20.8 Å². The summed E-state index contributed by atoms with van der Waals surface area (Å²) in [7, 11) is 1.96. The van der Waals surface area contributed by atoms with Gasteiger partial charge in [-0.15, -0.1) is 0 Å². The minimum atomic E-state index is 1.05. The van der Waals surface area contributed by atoms with Crippen molar-refractivity contribution in [3.63, 3.8) is 0 Å². The minimum Gasteiger partial charge on any atom is -0.268 e. The van der Waals surface area contributed by atoms with Gasteiger partial charge in [-0.05, 0) is 38.0 Å². The maximum Gasteiger partial charge on any atom is 0.0641 e. The number of aromatic nitrogens is 2. The van der Waals surface area contributed by atoms with E-state index in [0.29, 0.717) is 0 Å². The zero-order valence-corrected chi connectivity index (χ0v) is 8.76. The number of hydrogen-bond donors (Lipinski definition) is 0. The van der Waals surface area contributed by atoms with Crippen molar-refractivity contribution in [1.82, 2.24) is 9.78 Å². The third-order valence-electron chi connectivity index (χ3n) is 2.28. The number of rotatable bonds is 2. The molecule has 1 aromatic rings. The van der Waals surface area contributed by atoms with Crippen molar-refractivity contribution in [2.75, 3.05) is 0 Å². The average Bonchev–Trinajstić information content (AvgIpc) is 2.42. The van der Waals surface area contributed by atoms with E-state index in [1.165, 1.54) is 11.1 Å². The quantitative estimate of drug-likeness (QED) is 0.633. The minimum absolute atomic E-state index is 1.05. The van der Waals surface area contributed by atoms with E-state index < -0.39 is 0 Å². The molecule has 0 fully saturated rings. The summed E-state index contributed by atoms with van der Waals surface area (Å²) in [4.78, 5) is 0. The summed E-state index contributed by atoms with van der Waals surface area (Å²) in [6.45, 7) is 9.91. The Morgan fingerprint density at radius 2 is 2.15 bits per heavy atom. The van der Waals surface area contributed by atoms with E-state index in [0.717, 1.165) is 11.4 Å². The summed E-state index contributed by atoms with van der Waals surface area (Å²) in [5.41, 5.74) is 4.64. The van der Waals surface area contributed by atoms with Crippen LogP contribution in [0.15, 0.2) is 24.3 Å². The first-order valence-corrected chi connectivity index (χ1v) is 4.37. The molecule has 1 aromatic heterocycles. The lowest BCUT2D eigenvalue weighted by atomic mass is 10.1. The van der Waals surface area contributed by atoms with Gasteiger partial charge in [0.2, 0.25) is 0 Å². The van der Waals surface area contributed by atoms with Gasteiger partial charge in [-0.1, -0.05) is 12.7 Å². The Morgan fingerprint density at radius 1 is 1.54 bits per heavy atom. The number of hydrogen-bond acceptors (Lipinski definition) is 1. The monoisotopic (exact) mass is 176 g/mol. The van der Waals surface area contributed by atoms with Crippen LogP contribution in [-0.4, -0.2) is 9.78 Å². The molecule has 1 rings (SSSR count). The highest BCUT2D eigenvalue weighted by molar-refractivity contribution is 5.66. The summed E-state index contributed by atoms with van der Waals surface area (Å²) in [6.07, 6.45) is 1.87. The number of aryl methyl sites for hydroxylation is 2. The van der Waals surface area contributed by atoms with Gasteiger partial charge < -0.3 is 0 Å². The SMILES string of the molecule is C=C/C(C)=C(\C)c1cc(C)nn1C. The Hall–Kier alpha value is -1.31. The van der Waals surface area contributed by atoms with Gasteiger partial charge >= 0.3 is 0 Å². The fourth-order valence-electron chi connectivity index (χ4n) is 1.32. The van der Waals surface area contributed by atoms with Gasteiger partial charge in [0, 0.05) is 7.05 Å². The second-order valence-corrected chi connectivity index (χ2v) is 3.31. The van der Waals surface area contributed by atoms with Gasteiger partial charge in [-0.3, -0.25) is 4.68 Å². The van der Waals surface area contributed by atoms with Crippen LogP contribution in [0.5, 0.6) is 0 Å². The summed E-state index contributed by atoms with van der Waals surface area (Å²) >= 11 is 0. The smallest absolute Gasteiger partial charge is 0.0641 e. The molecular weight excluding hydrogens is 160 g/mol. The Kier molecular flexibility index (Phi) is 2.71. The molecular formula is C11H16N2. The van der Waals surface area contributed by atoms with Crippen LogP contribution < -0.4 is 0 Å². The normalized spacial score (nSPS) is 12.6. The van der Waals surface area contributed by atoms with E-state index in [-0.39, 0.29) is 0 Å². The maximum absolute atomic E-state index is 4.30. The summed E-state index contributed by atoms with van der Waals surface area (Å²) in [5, 5.41) is 4.30. The van der Waals surface area contributed by atoms with Crippen molar-refractivity contribution in [3.05, 3.63) is 35.7 Å². The van der Waals surface area contributed by atoms with E-state index in [1.54, 1.807) is 0 Å². The lowest BCUT2D eigenvalue weighted by Crippen LogP contribution is -1.96. The average molecular weight is 176 g/mol. The summed E-state index contributed by atoms with van der Waals surface area (Å²) < 4.78 is 1.90. The molecule has 2 nitrogen and oxygen atoms in total. The van der Waals surface area contributed by atoms with Gasteiger partial charge in [0.1, 0.15) is 0 Å². The van der Waals surface area contributed by atoms with E-state index in [4.69, 9.17) is 0 Å². The largest absolute Gasteiger partial charge is 0.268 e. The Morgan fingerprint density at radius 3 is 2.54 bits per heavy atom.